The van der Waals surface area contributed by atoms with E-state index in [4.69, 9.17) is 9.47 Å². The Balaban J connectivity index is 1.56. The van der Waals surface area contributed by atoms with Gasteiger partial charge in [-0.3, -0.25) is 14.4 Å². The molecule has 0 fully saturated rings. The Kier molecular flexibility index (Phi) is 6.70. The number of carbonyl (C=O) groups is 3. The van der Waals surface area contributed by atoms with E-state index in [1.54, 1.807) is 54.6 Å². The van der Waals surface area contributed by atoms with Crippen molar-refractivity contribution < 1.29 is 23.9 Å². The Morgan fingerprint density at radius 1 is 0.939 bits per heavy atom. The molecule has 6 nitrogen and oxygen atoms in total. The standard InChI is InChI=1S/C26H20BrNO5/c1-2-32-22-14-16(12-20-24(30)18-10-6-7-11-19(18)25(20)31)13-21(27)26(22)33-15-23(29)28-17-8-4-3-5-9-17/h3-14H,2,15H2,1H3,(H,28,29). The Morgan fingerprint density at radius 2 is 1.58 bits per heavy atom. The molecular formula is C26H20BrNO5. The average molecular weight is 506 g/mol. The van der Waals surface area contributed by atoms with Gasteiger partial charge in [-0.05, 0) is 58.8 Å². The van der Waals surface area contributed by atoms with E-state index in [1.807, 2.05) is 25.1 Å². The maximum Gasteiger partial charge on any atom is 0.262 e. The lowest BCUT2D eigenvalue weighted by atomic mass is 10.1. The molecule has 0 spiro atoms. The molecule has 0 bridgehead atoms. The Labute approximate surface area is 199 Å². The summed E-state index contributed by atoms with van der Waals surface area (Å²) in [5, 5.41) is 2.76. The third-order valence-electron chi connectivity index (χ3n) is 4.95. The van der Waals surface area contributed by atoms with Crippen molar-refractivity contribution in [3.63, 3.8) is 0 Å². The van der Waals surface area contributed by atoms with Gasteiger partial charge in [0.2, 0.25) is 0 Å². The van der Waals surface area contributed by atoms with Gasteiger partial charge >= 0.3 is 0 Å². The summed E-state index contributed by atoms with van der Waals surface area (Å²) >= 11 is 3.46. The first-order valence-electron chi connectivity index (χ1n) is 10.3. The van der Waals surface area contributed by atoms with E-state index in [9.17, 15) is 14.4 Å². The number of ketones is 2. The highest BCUT2D eigenvalue weighted by Gasteiger charge is 2.32. The zero-order valence-corrected chi connectivity index (χ0v) is 19.3. The number of fused-ring (bicyclic) bond motifs is 1. The van der Waals surface area contributed by atoms with Crippen LogP contribution in [0.1, 0.15) is 33.2 Å². The van der Waals surface area contributed by atoms with Crippen LogP contribution < -0.4 is 14.8 Å². The van der Waals surface area contributed by atoms with Gasteiger partial charge in [0.25, 0.3) is 5.91 Å². The molecule has 4 rings (SSSR count). The van der Waals surface area contributed by atoms with E-state index in [0.29, 0.717) is 45.0 Å². The van der Waals surface area contributed by atoms with Gasteiger partial charge in [-0.25, -0.2) is 0 Å². The number of ether oxygens (including phenoxy) is 2. The van der Waals surface area contributed by atoms with Crippen LogP contribution >= 0.6 is 15.9 Å². The van der Waals surface area contributed by atoms with Gasteiger partial charge in [0, 0.05) is 16.8 Å². The van der Waals surface area contributed by atoms with Crippen molar-refractivity contribution in [2.24, 2.45) is 0 Å². The summed E-state index contributed by atoms with van der Waals surface area (Å²) < 4.78 is 12.0. The number of halogens is 1. The van der Waals surface area contributed by atoms with Crippen LogP contribution in [0, 0.1) is 0 Å². The molecule has 0 saturated heterocycles. The second-order valence-corrected chi connectivity index (χ2v) is 8.08. The van der Waals surface area contributed by atoms with Crippen LogP contribution in [0.3, 0.4) is 0 Å². The third-order valence-corrected chi connectivity index (χ3v) is 5.54. The smallest absolute Gasteiger partial charge is 0.262 e. The molecule has 1 aliphatic rings. The molecule has 0 saturated carbocycles. The van der Waals surface area contributed by atoms with Crippen LogP contribution in [0.4, 0.5) is 5.69 Å². The SMILES string of the molecule is CCOc1cc(C=C2C(=O)c3ccccc3C2=O)cc(Br)c1OCC(=O)Nc1ccccc1. The number of nitrogens with one attached hydrogen (secondary N) is 1. The molecular weight excluding hydrogens is 486 g/mol. The van der Waals surface area contributed by atoms with Crippen LogP contribution in [-0.2, 0) is 4.79 Å². The maximum atomic E-state index is 12.7. The van der Waals surface area contributed by atoms with Crippen molar-refractivity contribution in [2.75, 3.05) is 18.5 Å². The minimum atomic E-state index is -0.318. The van der Waals surface area contributed by atoms with Gasteiger partial charge in [0.05, 0.1) is 16.7 Å². The van der Waals surface area contributed by atoms with E-state index in [2.05, 4.69) is 21.2 Å². The van der Waals surface area contributed by atoms with Crippen LogP contribution in [-0.4, -0.2) is 30.7 Å². The molecule has 3 aromatic carbocycles. The second-order valence-electron chi connectivity index (χ2n) is 7.23. The highest BCUT2D eigenvalue weighted by Crippen LogP contribution is 2.38. The fourth-order valence-electron chi connectivity index (χ4n) is 3.50. The lowest BCUT2D eigenvalue weighted by Crippen LogP contribution is -2.20. The molecule has 0 aromatic heterocycles. The van der Waals surface area contributed by atoms with Gasteiger partial charge in [0.15, 0.2) is 29.7 Å². The number of allylic oxidation sites excluding steroid dienone is 1. The summed E-state index contributed by atoms with van der Waals surface area (Å²) in [5.41, 5.74) is 2.17. The fraction of sp³-hybridized carbons (Fsp3) is 0.115. The van der Waals surface area contributed by atoms with Gasteiger partial charge in [-0.1, -0.05) is 42.5 Å². The van der Waals surface area contributed by atoms with Crippen LogP contribution in [0.15, 0.2) is 76.8 Å². The average Bonchev–Trinajstić information content (AvgIpc) is 3.04. The Hall–Kier alpha value is -3.71. The summed E-state index contributed by atoms with van der Waals surface area (Å²) in [5.74, 6) is -0.178. The molecule has 0 unspecified atom stereocenters. The van der Waals surface area contributed by atoms with Crippen LogP contribution in [0.5, 0.6) is 11.5 Å². The Bertz CT molecular complexity index is 1230. The molecule has 166 valence electrons. The molecule has 0 atom stereocenters. The maximum absolute atomic E-state index is 12.7. The zero-order valence-electron chi connectivity index (χ0n) is 17.8. The van der Waals surface area contributed by atoms with E-state index < -0.39 is 0 Å². The monoisotopic (exact) mass is 505 g/mol. The number of para-hydroxylation sites is 1. The summed E-state index contributed by atoms with van der Waals surface area (Å²) in [6, 6.07) is 19.2. The minimum Gasteiger partial charge on any atom is -0.490 e. The number of Topliss-reactive ketones (excluding diaryl/α,β-unsaturated/α-hetero) is 2. The molecule has 1 aliphatic carbocycles. The van der Waals surface area contributed by atoms with E-state index in [0.717, 1.165) is 0 Å². The molecule has 0 radical (unpaired) electrons. The van der Waals surface area contributed by atoms with Crippen molar-refractivity contribution in [2.45, 2.75) is 6.92 Å². The van der Waals surface area contributed by atoms with Crippen molar-refractivity contribution in [1.29, 1.82) is 0 Å². The molecule has 0 heterocycles. The number of anilines is 1. The quantitative estimate of drug-likeness (QED) is 0.346. The molecule has 1 amide bonds. The first-order valence-corrected chi connectivity index (χ1v) is 11.1. The first kappa shape index (κ1) is 22.5. The Morgan fingerprint density at radius 3 is 2.21 bits per heavy atom. The number of carbonyl (C=O) groups excluding carboxylic acids is 3. The number of amides is 1. The third kappa shape index (κ3) is 4.88. The minimum absolute atomic E-state index is 0.0986. The summed E-state index contributed by atoms with van der Waals surface area (Å²) in [4.78, 5) is 37.7. The second kappa shape index (κ2) is 9.83. The van der Waals surface area contributed by atoms with Gasteiger partial charge < -0.3 is 14.8 Å². The number of benzene rings is 3. The lowest BCUT2D eigenvalue weighted by molar-refractivity contribution is -0.118. The molecule has 33 heavy (non-hydrogen) atoms. The van der Waals surface area contributed by atoms with E-state index >= 15 is 0 Å². The number of rotatable bonds is 7. The van der Waals surface area contributed by atoms with Gasteiger partial charge in [0.1, 0.15) is 0 Å². The van der Waals surface area contributed by atoms with Gasteiger partial charge in [-0.15, -0.1) is 0 Å². The molecule has 1 N–H and O–H groups in total. The number of hydrogen-bond acceptors (Lipinski definition) is 5. The zero-order chi connectivity index (χ0) is 23.4. The lowest BCUT2D eigenvalue weighted by Gasteiger charge is -2.15. The summed E-state index contributed by atoms with van der Waals surface area (Å²) in [6.45, 7) is 1.97. The van der Waals surface area contributed by atoms with E-state index in [-0.39, 0.29) is 29.7 Å². The van der Waals surface area contributed by atoms with Crippen molar-refractivity contribution in [1.82, 2.24) is 0 Å². The first-order chi connectivity index (χ1) is 16.0. The highest BCUT2D eigenvalue weighted by molar-refractivity contribution is 9.10. The molecule has 3 aromatic rings. The van der Waals surface area contributed by atoms with Crippen molar-refractivity contribution in [3.05, 3.63) is 93.5 Å². The van der Waals surface area contributed by atoms with Gasteiger partial charge in [-0.2, -0.15) is 0 Å². The summed E-state index contributed by atoms with van der Waals surface area (Å²) in [6.07, 6.45) is 1.55. The number of hydrogen-bond donors (Lipinski definition) is 1. The van der Waals surface area contributed by atoms with Crippen molar-refractivity contribution >= 4 is 45.2 Å². The fourth-order valence-corrected chi connectivity index (χ4v) is 4.07. The van der Waals surface area contributed by atoms with E-state index in [1.165, 1.54) is 0 Å². The predicted octanol–water partition coefficient (Wildman–Crippen LogP) is 5.33. The van der Waals surface area contributed by atoms with Crippen molar-refractivity contribution in [3.8, 4) is 11.5 Å². The topological polar surface area (TPSA) is 81.7 Å². The molecule has 0 aliphatic heterocycles. The normalized spacial score (nSPS) is 12.4. The summed E-state index contributed by atoms with van der Waals surface area (Å²) in [7, 11) is 0. The largest absolute Gasteiger partial charge is 0.490 e. The van der Waals surface area contributed by atoms with Crippen LogP contribution in [0.2, 0.25) is 0 Å². The molecule has 7 heteroatoms. The van der Waals surface area contributed by atoms with Crippen LogP contribution in [0.25, 0.3) is 6.08 Å². The predicted molar refractivity (Wildman–Crippen MR) is 129 cm³/mol. The highest BCUT2D eigenvalue weighted by atomic mass is 79.9.